The summed E-state index contributed by atoms with van der Waals surface area (Å²) in [5.74, 6) is 0.443. The summed E-state index contributed by atoms with van der Waals surface area (Å²) < 4.78 is 11.2. The third-order valence-corrected chi connectivity index (χ3v) is 5.49. The van der Waals surface area contributed by atoms with Crippen molar-refractivity contribution in [3.63, 3.8) is 0 Å². The minimum absolute atomic E-state index is 0.215. The zero-order valence-electron chi connectivity index (χ0n) is 15.7. The highest BCUT2D eigenvalue weighted by atomic mass is 32.1. The van der Waals surface area contributed by atoms with E-state index in [2.05, 4.69) is 9.97 Å². The molecule has 27 heavy (non-hydrogen) atoms. The van der Waals surface area contributed by atoms with Crippen molar-refractivity contribution in [1.29, 1.82) is 0 Å². The highest BCUT2D eigenvalue weighted by Gasteiger charge is 2.24. The number of H-pyrrole nitrogens is 1. The number of rotatable bonds is 6. The van der Waals surface area contributed by atoms with Gasteiger partial charge >= 0.3 is 5.97 Å². The van der Waals surface area contributed by atoms with E-state index >= 15 is 0 Å². The van der Waals surface area contributed by atoms with Crippen LogP contribution in [0.15, 0.2) is 35.1 Å². The van der Waals surface area contributed by atoms with Gasteiger partial charge in [0.1, 0.15) is 10.6 Å². The Hall–Kier alpha value is -2.67. The van der Waals surface area contributed by atoms with E-state index in [0.717, 1.165) is 10.4 Å². The molecule has 2 aromatic heterocycles. The van der Waals surface area contributed by atoms with E-state index in [0.29, 0.717) is 28.2 Å². The second-order valence-electron chi connectivity index (χ2n) is 6.32. The highest BCUT2D eigenvalue weighted by molar-refractivity contribution is 7.18. The molecule has 1 aromatic carbocycles. The van der Waals surface area contributed by atoms with Gasteiger partial charge in [0.05, 0.1) is 5.39 Å². The van der Waals surface area contributed by atoms with Crippen molar-refractivity contribution in [2.75, 3.05) is 0 Å². The number of nitrogens with zero attached hydrogens (tertiary/aromatic N) is 1. The number of carbonyl (C=O) groups excluding carboxylic acids is 1. The quantitative estimate of drug-likeness (QED) is 0.646. The van der Waals surface area contributed by atoms with Gasteiger partial charge in [0, 0.05) is 4.88 Å². The number of aromatic amines is 1. The third-order valence-electron chi connectivity index (χ3n) is 4.39. The summed E-state index contributed by atoms with van der Waals surface area (Å²) in [5.41, 5.74) is 0.717. The van der Waals surface area contributed by atoms with Gasteiger partial charge < -0.3 is 14.5 Å². The molecule has 0 radical (unpaired) electrons. The zero-order chi connectivity index (χ0) is 19.6. The molecule has 0 unspecified atom stereocenters. The first kappa shape index (κ1) is 19.1. The summed E-state index contributed by atoms with van der Waals surface area (Å²) >= 11 is 1.46. The van der Waals surface area contributed by atoms with Crippen molar-refractivity contribution < 1.29 is 14.3 Å². The predicted molar refractivity (Wildman–Crippen MR) is 105 cm³/mol. The first-order valence-corrected chi connectivity index (χ1v) is 9.64. The average molecular weight is 386 g/mol. The molecule has 0 aliphatic heterocycles. The minimum Gasteiger partial charge on any atom is -0.479 e. The maximum absolute atomic E-state index is 12.5. The second-order valence-corrected chi connectivity index (χ2v) is 7.52. The van der Waals surface area contributed by atoms with Gasteiger partial charge in [-0.2, -0.15) is 0 Å². The van der Waals surface area contributed by atoms with Crippen molar-refractivity contribution >= 4 is 27.5 Å². The number of esters is 1. The molecule has 0 aliphatic carbocycles. The zero-order valence-corrected chi connectivity index (χ0v) is 16.6. The van der Waals surface area contributed by atoms with Gasteiger partial charge in [-0.1, -0.05) is 25.1 Å². The van der Waals surface area contributed by atoms with Gasteiger partial charge in [-0.15, -0.1) is 11.3 Å². The van der Waals surface area contributed by atoms with Crippen molar-refractivity contribution in [3.05, 3.63) is 57.0 Å². The van der Waals surface area contributed by atoms with Crippen LogP contribution in [0.25, 0.3) is 10.2 Å². The van der Waals surface area contributed by atoms with E-state index in [1.165, 1.54) is 11.3 Å². The first-order chi connectivity index (χ1) is 12.9. The fourth-order valence-corrected chi connectivity index (χ4v) is 3.77. The standard InChI is InChI=1S/C20H22N2O4S/c1-5-15(26-14-9-7-6-8-10-14)20(24)25-12(3)17-21-18(23)16-11(2)13(4)27-19(16)22-17/h6-10,12,15H,5H2,1-4H3,(H,21,22,23)/t12-,15+/m0/s1. The molecule has 0 saturated carbocycles. The van der Waals surface area contributed by atoms with Crippen LogP contribution in [0.2, 0.25) is 0 Å². The number of hydrogen-bond acceptors (Lipinski definition) is 6. The SMILES string of the molecule is CC[C@@H](Oc1ccccc1)C(=O)O[C@@H](C)c1nc2sc(C)c(C)c2c(=O)[nH]1. The van der Waals surface area contributed by atoms with Crippen molar-refractivity contribution in [3.8, 4) is 5.75 Å². The monoisotopic (exact) mass is 386 g/mol. The second kappa shape index (κ2) is 7.92. The Balaban J connectivity index is 1.77. The lowest BCUT2D eigenvalue weighted by Crippen LogP contribution is -2.30. The predicted octanol–water partition coefficient (Wildman–Crippen LogP) is 4.06. The number of para-hydroxylation sites is 1. The van der Waals surface area contributed by atoms with Gasteiger partial charge in [0.15, 0.2) is 18.0 Å². The van der Waals surface area contributed by atoms with E-state index in [4.69, 9.17) is 9.47 Å². The van der Waals surface area contributed by atoms with E-state index in [-0.39, 0.29) is 5.56 Å². The summed E-state index contributed by atoms with van der Waals surface area (Å²) in [5, 5.41) is 0.596. The van der Waals surface area contributed by atoms with E-state index in [9.17, 15) is 9.59 Å². The number of thiophene rings is 1. The normalized spacial score (nSPS) is 13.3. The van der Waals surface area contributed by atoms with E-state index in [1.54, 1.807) is 19.1 Å². The van der Waals surface area contributed by atoms with Crippen LogP contribution in [0.1, 0.15) is 42.6 Å². The molecule has 2 heterocycles. The Morgan fingerprint density at radius 2 is 1.96 bits per heavy atom. The number of ether oxygens (including phenoxy) is 2. The Labute approximate surface area is 161 Å². The van der Waals surface area contributed by atoms with Gasteiger partial charge in [-0.05, 0) is 44.9 Å². The Kier molecular flexibility index (Phi) is 5.60. The van der Waals surface area contributed by atoms with Gasteiger partial charge in [0.25, 0.3) is 5.56 Å². The maximum atomic E-state index is 12.5. The number of benzene rings is 1. The Morgan fingerprint density at radius 3 is 2.63 bits per heavy atom. The lowest BCUT2D eigenvalue weighted by Gasteiger charge is -2.19. The smallest absolute Gasteiger partial charge is 0.348 e. The summed E-state index contributed by atoms with van der Waals surface area (Å²) in [7, 11) is 0. The van der Waals surface area contributed by atoms with Crippen LogP contribution in [0.5, 0.6) is 5.75 Å². The van der Waals surface area contributed by atoms with Crippen LogP contribution < -0.4 is 10.3 Å². The molecule has 3 rings (SSSR count). The number of carbonyl (C=O) groups is 1. The van der Waals surface area contributed by atoms with Crippen LogP contribution >= 0.6 is 11.3 Å². The molecule has 0 aliphatic rings. The molecular formula is C20H22N2O4S. The molecule has 0 fully saturated rings. The fraction of sp³-hybridized carbons (Fsp3) is 0.350. The third kappa shape index (κ3) is 4.03. The number of hydrogen-bond donors (Lipinski definition) is 1. The number of nitrogens with one attached hydrogen (secondary N) is 1. The molecule has 6 nitrogen and oxygen atoms in total. The number of aromatic nitrogens is 2. The van der Waals surface area contributed by atoms with Crippen LogP contribution in [0.3, 0.4) is 0 Å². The van der Waals surface area contributed by atoms with Gasteiger partial charge in [-0.3, -0.25) is 4.79 Å². The average Bonchev–Trinajstić information content (AvgIpc) is 2.94. The van der Waals surface area contributed by atoms with Crippen molar-refractivity contribution in [2.45, 2.75) is 46.3 Å². The largest absolute Gasteiger partial charge is 0.479 e. The minimum atomic E-state index is -0.725. The van der Waals surface area contributed by atoms with Crippen LogP contribution in [-0.2, 0) is 9.53 Å². The molecule has 0 bridgehead atoms. The summed E-state index contributed by atoms with van der Waals surface area (Å²) in [6.07, 6.45) is -0.950. The Morgan fingerprint density at radius 1 is 1.26 bits per heavy atom. The van der Waals surface area contributed by atoms with Crippen LogP contribution in [0, 0.1) is 13.8 Å². The topological polar surface area (TPSA) is 81.3 Å². The molecule has 7 heteroatoms. The number of fused-ring (bicyclic) bond motifs is 1. The molecule has 2 atom stereocenters. The van der Waals surface area contributed by atoms with E-state index in [1.807, 2.05) is 39.0 Å². The van der Waals surface area contributed by atoms with E-state index < -0.39 is 18.2 Å². The van der Waals surface area contributed by atoms with Crippen LogP contribution in [-0.4, -0.2) is 22.0 Å². The molecule has 1 N–H and O–H groups in total. The van der Waals surface area contributed by atoms with Gasteiger partial charge in [0.2, 0.25) is 0 Å². The van der Waals surface area contributed by atoms with Crippen molar-refractivity contribution in [1.82, 2.24) is 9.97 Å². The Bertz CT molecular complexity index is 1010. The molecule has 142 valence electrons. The molecule has 0 saturated heterocycles. The lowest BCUT2D eigenvalue weighted by atomic mass is 10.2. The maximum Gasteiger partial charge on any atom is 0.348 e. The lowest BCUT2D eigenvalue weighted by molar-refractivity contribution is -0.157. The molecule has 0 spiro atoms. The molecule has 0 amide bonds. The highest BCUT2D eigenvalue weighted by Crippen LogP contribution is 2.27. The van der Waals surface area contributed by atoms with Crippen molar-refractivity contribution in [2.24, 2.45) is 0 Å². The summed E-state index contributed by atoms with van der Waals surface area (Å²) in [4.78, 5) is 33.8. The molecule has 3 aromatic rings. The summed E-state index contributed by atoms with van der Waals surface area (Å²) in [6, 6.07) is 9.12. The van der Waals surface area contributed by atoms with Gasteiger partial charge in [-0.25, -0.2) is 9.78 Å². The molecular weight excluding hydrogens is 364 g/mol. The van der Waals surface area contributed by atoms with Crippen LogP contribution in [0.4, 0.5) is 0 Å². The summed E-state index contributed by atoms with van der Waals surface area (Å²) in [6.45, 7) is 7.39. The fourth-order valence-electron chi connectivity index (χ4n) is 2.73. The number of aryl methyl sites for hydroxylation is 2. The first-order valence-electron chi connectivity index (χ1n) is 8.82.